The number of ether oxygens (including phenoxy) is 1. The second kappa shape index (κ2) is 5.82. The lowest BCUT2D eigenvalue weighted by Crippen LogP contribution is -2.29. The van der Waals surface area contributed by atoms with E-state index in [-0.39, 0.29) is 17.3 Å². The molecule has 0 radical (unpaired) electrons. The fourth-order valence-corrected chi connectivity index (χ4v) is 1.26. The van der Waals surface area contributed by atoms with E-state index in [4.69, 9.17) is 16.3 Å². The van der Waals surface area contributed by atoms with E-state index in [9.17, 15) is 10.1 Å². The fraction of sp³-hybridized carbons (Fsp3) is 0.300. The van der Waals surface area contributed by atoms with Gasteiger partial charge in [-0.25, -0.2) is 11.0 Å². The zero-order chi connectivity index (χ0) is 13.7. The lowest BCUT2D eigenvalue weighted by molar-refractivity contribution is -0.385. The number of hydrazine groups is 1. The van der Waals surface area contributed by atoms with E-state index in [0.29, 0.717) is 12.1 Å². The van der Waals surface area contributed by atoms with Gasteiger partial charge >= 0.3 is 5.69 Å². The molecule has 0 heterocycles. The highest BCUT2D eigenvalue weighted by Crippen LogP contribution is 2.27. The highest BCUT2D eigenvalue weighted by Gasteiger charge is 2.16. The van der Waals surface area contributed by atoms with E-state index in [2.05, 4.69) is 5.10 Å². The molecule has 0 aromatic heterocycles. The van der Waals surface area contributed by atoms with Gasteiger partial charge in [-0.05, 0) is 19.1 Å². The lowest BCUT2D eigenvalue weighted by Gasteiger charge is -2.10. The van der Waals surface area contributed by atoms with Crippen molar-refractivity contribution in [3.8, 4) is 5.75 Å². The summed E-state index contributed by atoms with van der Waals surface area (Å²) in [6.45, 7) is 2.27. The highest BCUT2D eigenvalue weighted by molar-refractivity contribution is 5.98. The lowest BCUT2D eigenvalue weighted by atomic mass is 10.1. The molecule has 8 heteroatoms. The van der Waals surface area contributed by atoms with Gasteiger partial charge in [-0.3, -0.25) is 10.1 Å². The van der Waals surface area contributed by atoms with E-state index in [0.717, 1.165) is 5.12 Å². The quantitative estimate of drug-likeness (QED) is 0.258. The second-order valence-electron chi connectivity index (χ2n) is 3.38. The van der Waals surface area contributed by atoms with E-state index < -0.39 is 4.92 Å². The number of nitrogens with two attached hydrogens (primary N) is 2. The van der Waals surface area contributed by atoms with Crippen LogP contribution in [0, 0.1) is 10.1 Å². The number of nitrogens with zero attached hydrogens (tertiary/aromatic N) is 3. The van der Waals surface area contributed by atoms with Gasteiger partial charge in [-0.15, -0.1) is 5.10 Å². The molecule has 1 rings (SSSR count). The van der Waals surface area contributed by atoms with Gasteiger partial charge in [0.1, 0.15) is 0 Å². The van der Waals surface area contributed by atoms with Crippen LogP contribution in [0.15, 0.2) is 23.3 Å². The minimum atomic E-state index is -0.546. The van der Waals surface area contributed by atoms with Crippen molar-refractivity contribution in [2.24, 2.45) is 16.7 Å². The molecular formula is C10H15N5O3. The Bertz CT molecular complexity index is 475. The topological polar surface area (TPSA) is 120 Å². The smallest absolute Gasteiger partial charge is 0.311 e. The summed E-state index contributed by atoms with van der Waals surface area (Å²) in [4.78, 5) is 10.3. The standard InChI is InChI=1S/C10H15N5O3/c1-3-14(12)13-10(11)7-4-5-9(18-2)8(6-7)15(16)17/h4-6H,3,12H2,1-2H3,(H2,11,13). The molecule has 0 fully saturated rings. The van der Waals surface area contributed by atoms with Crippen molar-refractivity contribution >= 4 is 11.5 Å². The van der Waals surface area contributed by atoms with Crippen LogP contribution in [0.3, 0.4) is 0 Å². The predicted octanol–water partition coefficient (Wildman–Crippen LogP) is 0.419. The third kappa shape index (κ3) is 3.08. The Balaban J connectivity index is 3.16. The SMILES string of the molecule is CCN(N)/N=C(\N)c1ccc(OC)c([N+](=O)[O-])c1. The summed E-state index contributed by atoms with van der Waals surface area (Å²) in [5.41, 5.74) is 5.93. The Hall–Kier alpha value is -2.35. The van der Waals surface area contributed by atoms with E-state index >= 15 is 0 Å². The van der Waals surface area contributed by atoms with Crippen LogP contribution in [0.2, 0.25) is 0 Å². The van der Waals surface area contributed by atoms with Crippen molar-refractivity contribution in [3.63, 3.8) is 0 Å². The van der Waals surface area contributed by atoms with Crippen LogP contribution in [-0.2, 0) is 0 Å². The van der Waals surface area contributed by atoms with Crippen LogP contribution >= 0.6 is 0 Å². The zero-order valence-electron chi connectivity index (χ0n) is 10.2. The van der Waals surface area contributed by atoms with Crippen molar-refractivity contribution in [3.05, 3.63) is 33.9 Å². The van der Waals surface area contributed by atoms with Gasteiger partial charge in [0, 0.05) is 11.6 Å². The van der Waals surface area contributed by atoms with Crippen LogP contribution in [0.1, 0.15) is 12.5 Å². The van der Waals surface area contributed by atoms with Gasteiger partial charge in [-0.1, -0.05) is 0 Å². The van der Waals surface area contributed by atoms with Crippen LogP contribution in [0.25, 0.3) is 0 Å². The van der Waals surface area contributed by atoms with E-state index in [1.807, 2.05) is 0 Å². The van der Waals surface area contributed by atoms with Crippen molar-refractivity contribution in [2.45, 2.75) is 6.92 Å². The number of benzene rings is 1. The first-order chi connectivity index (χ1) is 8.49. The van der Waals surface area contributed by atoms with Crippen LogP contribution < -0.4 is 16.3 Å². The number of methoxy groups -OCH3 is 1. The van der Waals surface area contributed by atoms with Crippen molar-refractivity contribution in [1.29, 1.82) is 0 Å². The number of hydrazone groups is 1. The third-order valence-electron chi connectivity index (χ3n) is 2.23. The van der Waals surface area contributed by atoms with Crippen molar-refractivity contribution in [1.82, 2.24) is 5.12 Å². The maximum Gasteiger partial charge on any atom is 0.311 e. The van der Waals surface area contributed by atoms with E-state index in [1.165, 1.54) is 19.2 Å². The molecular weight excluding hydrogens is 238 g/mol. The molecule has 0 atom stereocenters. The Kier molecular flexibility index (Phi) is 4.44. The average molecular weight is 253 g/mol. The molecule has 0 saturated heterocycles. The van der Waals surface area contributed by atoms with Gasteiger partial charge in [0.05, 0.1) is 18.6 Å². The first-order valence-electron chi connectivity index (χ1n) is 5.18. The molecule has 0 unspecified atom stereocenters. The number of hydrogen-bond donors (Lipinski definition) is 2. The molecule has 0 bridgehead atoms. The first-order valence-corrected chi connectivity index (χ1v) is 5.18. The summed E-state index contributed by atoms with van der Waals surface area (Å²) in [5, 5.41) is 15.9. The first kappa shape index (κ1) is 13.7. The zero-order valence-corrected chi connectivity index (χ0v) is 10.2. The van der Waals surface area contributed by atoms with Gasteiger partial charge in [0.25, 0.3) is 0 Å². The second-order valence-corrected chi connectivity index (χ2v) is 3.38. The molecule has 1 aromatic rings. The normalized spacial score (nSPS) is 11.2. The van der Waals surface area contributed by atoms with Crippen LogP contribution in [-0.4, -0.2) is 29.5 Å². The minimum Gasteiger partial charge on any atom is -0.490 e. The third-order valence-corrected chi connectivity index (χ3v) is 2.23. The molecule has 0 saturated carbocycles. The van der Waals surface area contributed by atoms with Gasteiger partial charge in [-0.2, -0.15) is 0 Å². The fourth-order valence-electron chi connectivity index (χ4n) is 1.26. The summed E-state index contributed by atoms with van der Waals surface area (Å²) < 4.78 is 4.89. The maximum atomic E-state index is 10.8. The number of nitro benzene ring substituents is 1. The van der Waals surface area contributed by atoms with Gasteiger partial charge < -0.3 is 10.5 Å². The Labute approximate surface area is 104 Å². The summed E-state index contributed by atoms with van der Waals surface area (Å²) in [6, 6.07) is 4.33. The van der Waals surface area contributed by atoms with Crippen LogP contribution in [0.4, 0.5) is 5.69 Å². The minimum absolute atomic E-state index is 0.102. The monoisotopic (exact) mass is 253 g/mol. The Morgan fingerprint density at radius 3 is 2.78 bits per heavy atom. The molecule has 0 spiro atoms. The maximum absolute atomic E-state index is 10.8. The van der Waals surface area contributed by atoms with E-state index in [1.54, 1.807) is 13.0 Å². The van der Waals surface area contributed by atoms with Crippen molar-refractivity contribution in [2.75, 3.05) is 13.7 Å². The van der Waals surface area contributed by atoms with Crippen molar-refractivity contribution < 1.29 is 9.66 Å². The summed E-state index contributed by atoms with van der Waals surface area (Å²) >= 11 is 0. The predicted molar refractivity (Wildman–Crippen MR) is 66.9 cm³/mol. The molecule has 0 aliphatic rings. The Morgan fingerprint density at radius 1 is 1.61 bits per heavy atom. The summed E-state index contributed by atoms with van der Waals surface area (Å²) in [6.07, 6.45) is 0. The molecule has 98 valence electrons. The molecule has 8 nitrogen and oxygen atoms in total. The van der Waals surface area contributed by atoms with Crippen LogP contribution in [0.5, 0.6) is 5.75 Å². The average Bonchev–Trinajstić information content (AvgIpc) is 2.37. The Morgan fingerprint density at radius 2 is 2.28 bits per heavy atom. The number of hydrogen-bond acceptors (Lipinski definition) is 6. The number of rotatable bonds is 5. The largest absolute Gasteiger partial charge is 0.490 e. The molecule has 1 aromatic carbocycles. The molecule has 0 aliphatic heterocycles. The molecule has 18 heavy (non-hydrogen) atoms. The highest BCUT2D eigenvalue weighted by atomic mass is 16.6. The van der Waals surface area contributed by atoms with Gasteiger partial charge in [0.2, 0.25) is 0 Å². The summed E-state index contributed by atoms with van der Waals surface area (Å²) in [7, 11) is 1.36. The molecule has 0 aliphatic carbocycles. The molecule has 0 amide bonds. The van der Waals surface area contributed by atoms with Gasteiger partial charge in [0.15, 0.2) is 11.6 Å². The number of amidine groups is 1. The molecule has 4 N–H and O–H groups in total. The summed E-state index contributed by atoms with van der Waals surface area (Å²) in [5.74, 6) is 5.74. The number of nitro groups is 1.